The predicted octanol–water partition coefficient (Wildman–Crippen LogP) is 1.36. The lowest BCUT2D eigenvalue weighted by Gasteiger charge is -2.27. The highest BCUT2D eigenvalue weighted by atomic mass is 32.2. The molecule has 3 rings (SSSR count). The first-order valence-corrected chi connectivity index (χ1v) is 9.16. The van der Waals surface area contributed by atoms with Crippen molar-refractivity contribution in [2.45, 2.75) is 12.0 Å². The zero-order valence-electron chi connectivity index (χ0n) is 13.1. The van der Waals surface area contributed by atoms with Crippen LogP contribution in [-0.2, 0) is 14.8 Å². The molecule has 1 atom stereocenters. The van der Waals surface area contributed by atoms with Gasteiger partial charge in [-0.3, -0.25) is 9.82 Å². The first kappa shape index (κ1) is 16.9. The summed E-state index contributed by atoms with van der Waals surface area (Å²) in [5.41, 5.74) is 1.44. The molecule has 3 N–H and O–H groups in total. The van der Waals surface area contributed by atoms with Gasteiger partial charge in [0.15, 0.2) is 0 Å². The number of benzene rings is 1. The van der Waals surface area contributed by atoms with Crippen LogP contribution in [0.15, 0.2) is 30.5 Å². The first-order chi connectivity index (χ1) is 11.5. The lowest BCUT2D eigenvalue weighted by molar-refractivity contribution is 0.122. The van der Waals surface area contributed by atoms with Crippen LogP contribution in [0, 0.1) is 5.82 Å². The predicted molar refractivity (Wildman–Crippen MR) is 87.8 cm³/mol. The molecule has 24 heavy (non-hydrogen) atoms. The van der Waals surface area contributed by atoms with Gasteiger partial charge in [0.25, 0.3) is 0 Å². The second-order valence-electron chi connectivity index (χ2n) is 5.71. The van der Waals surface area contributed by atoms with Crippen molar-refractivity contribution in [1.29, 1.82) is 0 Å². The minimum absolute atomic E-state index is 0.247. The molecule has 2 heterocycles. The van der Waals surface area contributed by atoms with Crippen molar-refractivity contribution in [2.24, 2.45) is 0 Å². The van der Waals surface area contributed by atoms with E-state index in [2.05, 4.69) is 20.2 Å². The third-order valence-electron chi connectivity index (χ3n) is 4.04. The Hall–Kier alpha value is -1.97. The van der Waals surface area contributed by atoms with Gasteiger partial charge in [-0.15, -0.1) is 0 Å². The summed E-state index contributed by atoms with van der Waals surface area (Å²) in [7, 11) is -2.25. The van der Waals surface area contributed by atoms with E-state index in [0.717, 1.165) is 18.7 Å². The number of nitrogens with zero attached hydrogens (tertiary/aromatic N) is 1. The summed E-state index contributed by atoms with van der Waals surface area (Å²) in [6.45, 7) is 1.59. The van der Waals surface area contributed by atoms with Crippen molar-refractivity contribution in [1.82, 2.24) is 15.5 Å². The zero-order chi connectivity index (χ0) is 17.2. The van der Waals surface area contributed by atoms with Crippen LogP contribution < -0.4 is 10.0 Å². The van der Waals surface area contributed by atoms with Crippen LogP contribution in [0.5, 0.6) is 0 Å². The number of anilines is 1. The van der Waals surface area contributed by atoms with E-state index in [9.17, 15) is 12.8 Å². The van der Waals surface area contributed by atoms with Crippen LogP contribution in [0.3, 0.4) is 0 Å². The van der Waals surface area contributed by atoms with E-state index in [1.807, 2.05) is 0 Å². The van der Waals surface area contributed by atoms with Crippen molar-refractivity contribution in [3.63, 3.8) is 0 Å². The molecule has 0 spiro atoms. The second-order valence-corrected chi connectivity index (χ2v) is 7.48. The Morgan fingerprint density at radius 2 is 2.08 bits per heavy atom. The van der Waals surface area contributed by atoms with E-state index in [1.165, 1.54) is 31.4 Å². The number of H-pyrrole nitrogens is 1. The van der Waals surface area contributed by atoms with Crippen LogP contribution in [0.4, 0.5) is 10.2 Å². The summed E-state index contributed by atoms with van der Waals surface area (Å²) in [5, 5.41) is 9.75. The van der Waals surface area contributed by atoms with Crippen molar-refractivity contribution in [3.05, 3.63) is 47.4 Å². The number of halogens is 1. The fourth-order valence-electron chi connectivity index (χ4n) is 2.57. The van der Waals surface area contributed by atoms with Crippen LogP contribution in [-0.4, -0.2) is 44.6 Å². The Kier molecular flexibility index (Phi) is 4.83. The average molecular weight is 354 g/mol. The Bertz CT molecular complexity index is 787. The molecule has 0 saturated carbocycles. The molecule has 1 saturated heterocycles. The zero-order valence-corrected chi connectivity index (χ0v) is 13.9. The van der Waals surface area contributed by atoms with Gasteiger partial charge in [0.2, 0.25) is 10.0 Å². The van der Waals surface area contributed by atoms with Crippen LogP contribution in [0.2, 0.25) is 0 Å². The maximum absolute atomic E-state index is 13.0. The molecule has 1 fully saturated rings. The molecule has 0 amide bonds. The molecule has 9 heteroatoms. The minimum atomic E-state index is -3.67. The third-order valence-corrected chi connectivity index (χ3v) is 5.30. The molecule has 0 bridgehead atoms. The molecule has 0 radical (unpaired) electrons. The maximum Gasteiger partial charge on any atom is 0.236 e. The topological polar surface area (TPSA) is 96.1 Å². The van der Waals surface area contributed by atoms with Gasteiger partial charge in [-0.1, -0.05) is 12.1 Å². The summed E-state index contributed by atoms with van der Waals surface area (Å²) < 4.78 is 45.7. The second kappa shape index (κ2) is 6.88. The Labute approximate surface area is 139 Å². The monoisotopic (exact) mass is 354 g/mol. The van der Waals surface area contributed by atoms with Crippen molar-refractivity contribution < 1.29 is 17.5 Å². The standard InChI is InChI=1S/C15H19FN4O3S/c1-23-14(10-2-4-12(16)5-3-10)9-24(21,22)20-15-13(8-18-19-15)11-6-17-7-11/h2-5,8,11,14,17H,6-7,9H2,1H3,(H2,18,19,20). The lowest BCUT2D eigenvalue weighted by Crippen LogP contribution is -2.40. The number of aromatic amines is 1. The number of rotatable bonds is 7. The number of ether oxygens (including phenoxy) is 1. The van der Waals surface area contributed by atoms with E-state index in [1.54, 1.807) is 6.20 Å². The normalized spacial score (nSPS) is 16.6. The Balaban J connectivity index is 1.73. The van der Waals surface area contributed by atoms with Crippen LogP contribution >= 0.6 is 0 Å². The quantitative estimate of drug-likeness (QED) is 0.698. The lowest BCUT2D eigenvalue weighted by atomic mass is 9.96. The smallest absolute Gasteiger partial charge is 0.236 e. The largest absolute Gasteiger partial charge is 0.376 e. The Morgan fingerprint density at radius 3 is 2.67 bits per heavy atom. The highest BCUT2D eigenvalue weighted by molar-refractivity contribution is 7.92. The highest BCUT2D eigenvalue weighted by Gasteiger charge is 2.27. The molecule has 0 aliphatic carbocycles. The van der Waals surface area contributed by atoms with E-state index in [-0.39, 0.29) is 17.5 Å². The van der Waals surface area contributed by atoms with Gasteiger partial charge in [0.1, 0.15) is 11.6 Å². The van der Waals surface area contributed by atoms with Crippen LogP contribution in [0.1, 0.15) is 23.1 Å². The van der Waals surface area contributed by atoms with Gasteiger partial charge in [-0.05, 0) is 17.7 Å². The molecule has 1 unspecified atom stereocenters. The molecule has 1 aliphatic heterocycles. The number of sulfonamides is 1. The van der Waals surface area contributed by atoms with Gasteiger partial charge in [0.05, 0.1) is 18.1 Å². The first-order valence-electron chi connectivity index (χ1n) is 7.51. The summed E-state index contributed by atoms with van der Waals surface area (Å²) in [4.78, 5) is 0. The van der Waals surface area contributed by atoms with E-state index >= 15 is 0 Å². The summed E-state index contributed by atoms with van der Waals surface area (Å²) in [6.07, 6.45) is 0.941. The van der Waals surface area contributed by atoms with Gasteiger partial charge < -0.3 is 10.1 Å². The minimum Gasteiger partial charge on any atom is -0.376 e. The summed E-state index contributed by atoms with van der Waals surface area (Å²) in [5.74, 6) is -0.0331. The Morgan fingerprint density at radius 1 is 1.38 bits per heavy atom. The fourth-order valence-corrected chi connectivity index (χ4v) is 3.85. The maximum atomic E-state index is 13.0. The average Bonchev–Trinajstić information content (AvgIpc) is 2.91. The number of hydrogen-bond acceptors (Lipinski definition) is 5. The van der Waals surface area contributed by atoms with E-state index in [0.29, 0.717) is 11.4 Å². The molecular formula is C15H19FN4O3S. The van der Waals surface area contributed by atoms with Crippen molar-refractivity contribution >= 4 is 15.8 Å². The molecule has 1 aliphatic rings. The number of nitrogens with one attached hydrogen (secondary N) is 3. The van der Waals surface area contributed by atoms with Gasteiger partial charge in [-0.25, -0.2) is 12.8 Å². The van der Waals surface area contributed by atoms with Crippen molar-refractivity contribution in [3.8, 4) is 0 Å². The SMILES string of the molecule is COC(CS(=O)(=O)Nc1[nH]ncc1C1CNC1)c1ccc(F)cc1. The number of methoxy groups -OCH3 is 1. The number of hydrogen-bond donors (Lipinski definition) is 3. The molecule has 2 aromatic rings. The molecular weight excluding hydrogens is 335 g/mol. The summed E-state index contributed by atoms with van der Waals surface area (Å²) >= 11 is 0. The third kappa shape index (κ3) is 3.74. The van der Waals surface area contributed by atoms with Gasteiger partial charge in [0, 0.05) is 31.7 Å². The molecule has 1 aromatic carbocycles. The summed E-state index contributed by atoms with van der Waals surface area (Å²) in [6, 6.07) is 5.58. The van der Waals surface area contributed by atoms with Crippen molar-refractivity contribution in [2.75, 3.05) is 30.7 Å². The molecule has 130 valence electrons. The van der Waals surface area contributed by atoms with E-state index < -0.39 is 16.1 Å². The van der Waals surface area contributed by atoms with E-state index in [4.69, 9.17) is 4.74 Å². The highest BCUT2D eigenvalue weighted by Crippen LogP contribution is 2.27. The van der Waals surface area contributed by atoms with Gasteiger partial charge in [-0.2, -0.15) is 5.10 Å². The van der Waals surface area contributed by atoms with Crippen LogP contribution in [0.25, 0.3) is 0 Å². The molecule has 1 aromatic heterocycles. The number of aromatic nitrogens is 2. The fraction of sp³-hybridized carbons (Fsp3) is 0.400. The van der Waals surface area contributed by atoms with Gasteiger partial charge >= 0.3 is 0 Å². The molecule has 7 nitrogen and oxygen atoms in total.